The zero-order valence-electron chi connectivity index (χ0n) is 15.0. The van der Waals surface area contributed by atoms with Crippen molar-refractivity contribution >= 4 is 19.8 Å². The minimum atomic E-state index is -1.09. The van der Waals surface area contributed by atoms with Crippen molar-refractivity contribution in [3.8, 4) is 0 Å². The van der Waals surface area contributed by atoms with E-state index in [2.05, 4.69) is 0 Å². The molecular formula is C20H21BO6. The fourth-order valence-electron chi connectivity index (χ4n) is 2.99. The Hall–Kier alpha value is -2.64. The van der Waals surface area contributed by atoms with Crippen molar-refractivity contribution in [2.24, 2.45) is 0 Å². The molecule has 6 nitrogen and oxygen atoms in total. The first-order chi connectivity index (χ1) is 13.0. The van der Waals surface area contributed by atoms with Crippen LogP contribution in [0, 0.1) is 0 Å². The second-order valence-corrected chi connectivity index (χ2v) is 6.49. The summed E-state index contributed by atoms with van der Waals surface area (Å²) >= 11 is 0. The Labute approximate surface area is 158 Å². The quantitative estimate of drug-likeness (QED) is 0.631. The van der Waals surface area contributed by atoms with Crippen LogP contribution in [-0.2, 0) is 14.2 Å². The van der Waals surface area contributed by atoms with Crippen molar-refractivity contribution in [3.63, 3.8) is 0 Å². The molecule has 0 bridgehead atoms. The average Bonchev–Trinajstić information content (AvgIpc) is 2.70. The predicted octanol–water partition coefficient (Wildman–Crippen LogP) is 1.18. The summed E-state index contributed by atoms with van der Waals surface area (Å²) in [5.41, 5.74) is 0.832. The highest BCUT2D eigenvalue weighted by Crippen LogP contribution is 2.23. The summed E-state index contributed by atoms with van der Waals surface area (Å²) in [4.78, 5) is 24.3. The summed E-state index contributed by atoms with van der Waals surface area (Å²) < 4.78 is 16.4. The van der Waals surface area contributed by atoms with Gasteiger partial charge in [0.1, 0.15) is 32.8 Å². The maximum absolute atomic E-state index is 12.3. The fraction of sp³-hybridized carbons (Fsp3) is 0.300. The van der Waals surface area contributed by atoms with Crippen LogP contribution in [0.4, 0.5) is 0 Å². The number of carbonyl (C=O) groups excluding carboxylic acids is 2. The fourth-order valence-corrected chi connectivity index (χ4v) is 2.99. The van der Waals surface area contributed by atoms with Gasteiger partial charge in [0, 0.05) is 12.4 Å². The summed E-state index contributed by atoms with van der Waals surface area (Å²) in [7, 11) is 1.82. The Morgan fingerprint density at radius 3 is 2.15 bits per heavy atom. The highest BCUT2D eigenvalue weighted by Gasteiger charge is 2.39. The molecule has 1 N–H and O–H groups in total. The van der Waals surface area contributed by atoms with E-state index in [1.54, 1.807) is 60.7 Å². The Balaban J connectivity index is 1.59. The molecule has 1 unspecified atom stereocenters. The van der Waals surface area contributed by atoms with Crippen LogP contribution >= 0.6 is 0 Å². The van der Waals surface area contributed by atoms with Gasteiger partial charge in [-0.1, -0.05) is 36.4 Å². The number of ether oxygens (including phenoxy) is 3. The molecule has 0 radical (unpaired) electrons. The Morgan fingerprint density at radius 1 is 1.00 bits per heavy atom. The van der Waals surface area contributed by atoms with E-state index in [0.29, 0.717) is 17.5 Å². The molecule has 3 rings (SSSR count). The zero-order valence-corrected chi connectivity index (χ0v) is 15.0. The van der Waals surface area contributed by atoms with Crippen LogP contribution in [0.3, 0.4) is 0 Å². The first-order valence-electron chi connectivity index (χ1n) is 8.86. The number of rotatable bonds is 5. The summed E-state index contributed by atoms with van der Waals surface area (Å²) in [6.45, 7) is -0.126. The number of benzene rings is 2. The van der Waals surface area contributed by atoms with Crippen LogP contribution in [0.1, 0.15) is 27.1 Å². The molecule has 2 aromatic rings. The maximum atomic E-state index is 12.3. The highest BCUT2D eigenvalue weighted by atomic mass is 16.6. The first kappa shape index (κ1) is 19.1. The van der Waals surface area contributed by atoms with Crippen molar-refractivity contribution in [2.45, 2.75) is 30.7 Å². The van der Waals surface area contributed by atoms with Crippen LogP contribution < -0.4 is 0 Å². The van der Waals surface area contributed by atoms with Gasteiger partial charge in [0.15, 0.2) is 0 Å². The van der Waals surface area contributed by atoms with Gasteiger partial charge in [0.05, 0.1) is 11.1 Å². The van der Waals surface area contributed by atoms with Crippen molar-refractivity contribution in [1.29, 1.82) is 0 Å². The van der Waals surface area contributed by atoms with E-state index in [1.165, 1.54) is 0 Å². The zero-order chi connectivity index (χ0) is 19.2. The van der Waals surface area contributed by atoms with Gasteiger partial charge >= 0.3 is 11.9 Å². The summed E-state index contributed by atoms with van der Waals surface area (Å²) in [6.07, 6.45) is -2.22. The van der Waals surface area contributed by atoms with Crippen LogP contribution in [0.15, 0.2) is 60.7 Å². The minimum absolute atomic E-state index is 0.126. The second kappa shape index (κ2) is 8.84. The maximum Gasteiger partial charge on any atom is 0.338 e. The molecule has 7 heteroatoms. The van der Waals surface area contributed by atoms with E-state index in [1.807, 2.05) is 7.85 Å². The van der Waals surface area contributed by atoms with E-state index in [9.17, 15) is 14.7 Å². The van der Waals surface area contributed by atoms with E-state index >= 15 is 0 Å². The number of hydrogen-bond acceptors (Lipinski definition) is 6. The lowest BCUT2D eigenvalue weighted by Gasteiger charge is -2.37. The molecule has 0 aliphatic carbocycles. The lowest BCUT2D eigenvalue weighted by molar-refractivity contribution is -0.161. The van der Waals surface area contributed by atoms with Crippen molar-refractivity contribution in [3.05, 3.63) is 71.8 Å². The smallest absolute Gasteiger partial charge is 0.338 e. The van der Waals surface area contributed by atoms with Gasteiger partial charge in [-0.25, -0.2) is 9.59 Å². The lowest BCUT2D eigenvalue weighted by Crippen LogP contribution is -2.52. The van der Waals surface area contributed by atoms with Crippen LogP contribution in [-0.4, -0.2) is 55.8 Å². The Bertz CT molecular complexity index is 767. The van der Waals surface area contributed by atoms with E-state index in [-0.39, 0.29) is 12.6 Å². The molecule has 2 aromatic carbocycles. The third-order valence-corrected chi connectivity index (χ3v) is 4.39. The lowest BCUT2D eigenvalue weighted by atomic mass is 9.87. The summed E-state index contributed by atoms with van der Waals surface area (Å²) in [5, 5.41) is 10.5. The molecule has 0 amide bonds. The molecule has 1 heterocycles. The SMILES string of the molecule is BC1C[C@@H](OC(=O)c2ccccc2)[C@@H](O)[C@@H](COC(=O)c2ccccc2)O1. The van der Waals surface area contributed by atoms with Gasteiger partial charge in [0.25, 0.3) is 0 Å². The largest absolute Gasteiger partial charge is 0.459 e. The van der Waals surface area contributed by atoms with Gasteiger partial charge in [-0.2, -0.15) is 0 Å². The molecule has 1 aliphatic rings. The normalized spacial score (nSPS) is 24.8. The van der Waals surface area contributed by atoms with E-state index in [4.69, 9.17) is 14.2 Å². The van der Waals surface area contributed by atoms with Crippen LogP contribution in [0.2, 0.25) is 0 Å². The average molecular weight is 368 g/mol. The molecule has 140 valence electrons. The summed E-state index contributed by atoms with van der Waals surface area (Å²) in [5.74, 6) is -1.00. The first-order valence-corrected chi connectivity index (χ1v) is 8.86. The molecular weight excluding hydrogens is 347 g/mol. The van der Waals surface area contributed by atoms with Gasteiger partial charge in [-0.15, -0.1) is 0 Å². The minimum Gasteiger partial charge on any atom is -0.459 e. The number of hydrogen-bond donors (Lipinski definition) is 1. The van der Waals surface area contributed by atoms with Gasteiger partial charge < -0.3 is 19.3 Å². The van der Waals surface area contributed by atoms with Crippen LogP contribution in [0.25, 0.3) is 0 Å². The molecule has 1 fully saturated rings. The van der Waals surface area contributed by atoms with Crippen molar-refractivity contribution in [2.75, 3.05) is 6.61 Å². The number of aliphatic hydroxyl groups excluding tert-OH is 1. The molecule has 1 aliphatic heterocycles. The standard InChI is InChI=1S/C20H21BO6/c21-17-11-15(27-20(24)14-9-5-2-6-10-14)18(22)16(26-17)12-25-19(23)13-7-3-1-4-8-13/h1-10,15-18,22H,11-12,21H2/t15-,16-,17?,18-/m1/s1. The Morgan fingerprint density at radius 2 is 1.56 bits per heavy atom. The van der Waals surface area contributed by atoms with Gasteiger partial charge in [0.2, 0.25) is 0 Å². The Kier molecular flexibility index (Phi) is 6.26. The second-order valence-electron chi connectivity index (χ2n) is 6.49. The number of esters is 2. The number of aliphatic hydroxyl groups is 1. The van der Waals surface area contributed by atoms with Crippen molar-refractivity contribution < 1.29 is 28.9 Å². The molecule has 4 atom stereocenters. The molecule has 0 saturated carbocycles. The predicted molar refractivity (Wildman–Crippen MR) is 100 cm³/mol. The third kappa shape index (κ3) is 4.96. The van der Waals surface area contributed by atoms with Gasteiger partial charge in [-0.3, -0.25) is 0 Å². The van der Waals surface area contributed by atoms with Crippen LogP contribution in [0.5, 0.6) is 0 Å². The molecule has 27 heavy (non-hydrogen) atoms. The molecule has 0 spiro atoms. The molecule has 1 saturated heterocycles. The monoisotopic (exact) mass is 368 g/mol. The van der Waals surface area contributed by atoms with Gasteiger partial charge in [-0.05, 0) is 24.3 Å². The number of carbonyl (C=O) groups is 2. The third-order valence-electron chi connectivity index (χ3n) is 4.39. The highest BCUT2D eigenvalue weighted by molar-refractivity contribution is 6.11. The van der Waals surface area contributed by atoms with E-state index in [0.717, 1.165) is 0 Å². The van der Waals surface area contributed by atoms with E-state index < -0.39 is 30.3 Å². The topological polar surface area (TPSA) is 82.1 Å². The van der Waals surface area contributed by atoms with Crippen molar-refractivity contribution in [1.82, 2.24) is 0 Å². The summed E-state index contributed by atoms with van der Waals surface area (Å²) in [6, 6.07) is 16.9. The molecule has 0 aromatic heterocycles.